The van der Waals surface area contributed by atoms with E-state index in [4.69, 9.17) is 4.42 Å². The quantitative estimate of drug-likeness (QED) is 0.382. The Morgan fingerprint density at radius 2 is 1.78 bits per heavy atom. The highest BCUT2D eigenvalue weighted by Gasteiger charge is 2.14. The molecule has 1 heterocycles. The summed E-state index contributed by atoms with van der Waals surface area (Å²) in [5.41, 5.74) is 0.538. The van der Waals surface area contributed by atoms with Gasteiger partial charge in [0.2, 0.25) is 0 Å². The number of nitro benzene ring substituents is 1. The number of furan rings is 1. The van der Waals surface area contributed by atoms with E-state index in [0.29, 0.717) is 17.6 Å². The van der Waals surface area contributed by atoms with E-state index in [-0.39, 0.29) is 11.4 Å². The molecule has 0 aliphatic heterocycles. The second-order valence-corrected chi connectivity index (χ2v) is 5.85. The summed E-state index contributed by atoms with van der Waals surface area (Å²) in [5.74, 6) is 0.606. The highest BCUT2D eigenvalue weighted by molar-refractivity contribution is 7.99. The molecule has 0 atom stereocenters. The Morgan fingerprint density at radius 3 is 2.43 bits per heavy atom. The average molecular weight is 325 g/mol. The van der Waals surface area contributed by atoms with Gasteiger partial charge >= 0.3 is 0 Å². The summed E-state index contributed by atoms with van der Waals surface area (Å²) in [6.45, 7) is 0. The number of benzene rings is 2. The van der Waals surface area contributed by atoms with Crippen molar-refractivity contribution < 1.29 is 14.1 Å². The van der Waals surface area contributed by atoms with Gasteiger partial charge in [-0.15, -0.1) is 0 Å². The molecule has 3 aromatic rings. The summed E-state index contributed by atoms with van der Waals surface area (Å²) in [6.07, 6.45) is 0.598. The molecule has 0 saturated carbocycles. The lowest BCUT2D eigenvalue weighted by molar-refractivity contribution is -0.385. The fourth-order valence-corrected chi connectivity index (χ4v) is 3.02. The van der Waals surface area contributed by atoms with Crippen LogP contribution in [0.5, 0.6) is 0 Å². The summed E-state index contributed by atoms with van der Waals surface area (Å²) >= 11 is 1.42. The van der Waals surface area contributed by atoms with Gasteiger partial charge in [-0.2, -0.15) is 0 Å². The molecule has 5 nitrogen and oxygen atoms in total. The molecule has 3 rings (SSSR count). The maximum Gasteiger partial charge on any atom is 0.271 e. The van der Waals surface area contributed by atoms with Gasteiger partial charge in [-0.1, -0.05) is 30.0 Å². The zero-order chi connectivity index (χ0) is 16.2. The van der Waals surface area contributed by atoms with Crippen molar-refractivity contribution in [3.8, 4) is 11.3 Å². The molecule has 0 saturated heterocycles. The van der Waals surface area contributed by atoms with Crippen molar-refractivity contribution >= 4 is 23.7 Å². The van der Waals surface area contributed by atoms with Gasteiger partial charge in [0.25, 0.3) is 5.69 Å². The molecule has 0 bridgehead atoms. The van der Waals surface area contributed by atoms with Gasteiger partial charge < -0.3 is 4.42 Å². The smallest absolute Gasteiger partial charge is 0.271 e. The van der Waals surface area contributed by atoms with Gasteiger partial charge in [0, 0.05) is 27.5 Å². The van der Waals surface area contributed by atoms with E-state index in [1.807, 2.05) is 30.3 Å². The summed E-state index contributed by atoms with van der Waals surface area (Å²) in [7, 11) is 0. The molecule has 114 valence electrons. The van der Waals surface area contributed by atoms with E-state index in [2.05, 4.69) is 0 Å². The lowest BCUT2D eigenvalue weighted by Gasteiger charge is -2.04. The lowest BCUT2D eigenvalue weighted by atomic mass is 10.1. The number of hydrogen-bond donors (Lipinski definition) is 0. The van der Waals surface area contributed by atoms with E-state index < -0.39 is 4.92 Å². The zero-order valence-electron chi connectivity index (χ0n) is 11.8. The van der Waals surface area contributed by atoms with Gasteiger partial charge in [0.1, 0.15) is 5.76 Å². The van der Waals surface area contributed by atoms with Crippen LogP contribution in [-0.4, -0.2) is 11.2 Å². The minimum absolute atomic E-state index is 0.0232. The van der Waals surface area contributed by atoms with Crippen LogP contribution in [0, 0.1) is 10.1 Å². The largest absolute Gasteiger partial charge is 0.453 e. The topological polar surface area (TPSA) is 73.3 Å². The maximum atomic E-state index is 11.2. The summed E-state index contributed by atoms with van der Waals surface area (Å²) < 4.78 is 5.36. The van der Waals surface area contributed by atoms with Crippen LogP contribution < -0.4 is 0 Å². The number of nitrogens with zero attached hydrogens (tertiary/aromatic N) is 1. The van der Waals surface area contributed by atoms with Crippen LogP contribution in [0.1, 0.15) is 10.6 Å². The predicted molar refractivity (Wildman–Crippen MR) is 86.8 cm³/mol. The monoisotopic (exact) mass is 325 g/mol. The summed E-state index contributed by atoms with van der Waals surface area (Å²) in [6, 6.07) is 17.5. The third-order valence-electron chi connectivity index (χ3n) is 3.11. The van der Waals surface area contributed by atoms with Crippen LogP contribution in [0.25, 0.3) is 11.3 Å². The Balaban J connectivity index is 2.02. The SMILES string of the molecule is O=Cc1ccc(-c2cc(Sc3ccccc3)cc([N+](=O)[O-])c2)o1. The first kappa shape index (κ1) is 15.1. The van der Waals surface area contributed by atoms with Gasteiger partial charge in [0.15, 0.2) is 12.0 Å². The molecule has 0 radical (unpaired) electrons. The predicted octanol–water partition coefficient (Wildman–Crippen LogP) is 4.82. The van der Waals surface area contributed by atoms with Crippen LogP contribution in [0.3, 0.4) is 0 Å². The van der Waals surface area contributed by atoms with Gasteiger partial charge in [0.05, 0.1) is 4.92 Å². The number of hydrogen-bond acceptors (Lipinski definition) is 5. The third-order valence-corrected chi connectivity index (χ3v) is 4.09. The van der Waals surface area contributed by atoms with Gasteiger partial charge in [-0.05, 0) is 30.3 Å². The van der Waals surface area contributed by atoms with Gasteiger partial charge in [-0.25, -0.2) is 0 Å². The van der Waals surface area contributed by atoms with Crippen molar-refractivity contribution in [3.63, 3.8) is 0 Å². The molecule has 2 aromatic carbocycles. The van der Waals surface area contributed by atoms with Crippen molar-refractivity contribution in [2.75, 3.05) is 0 Å². The second kappa shape index (κ2) is 6.50. The minimum Gasteiger partial charge on any atom is -0.453 e. The molecule has 6 heteroatoms. The van der Waals surface area contributed by atoms with Crippen LogP contribution in [0.2, 0.25) is 0 Å². The Morgan fingerprint density at radius 1 is 1.00 bits per heavy atom. The van der Waals surface area contributed by atoms with E-state index in [9.17, 15) is 14.9 Å². The molecule has 1 aromatic heterocycles. The Kier molecular flexibility index (Phi) is 4.25. The van der Waals surface area contributed by atoms with Crippen molar-refractivity contribution in [1.82, 2.24) is 0 Å². The molecule has 0 N–H and O–H groups in total. The fraction of sp³-hybridized carbons (Fsp3) is 0. The molecule has 0 amide bonds. The molecular weight excluding hydrogens is 314 g/mol. The number of carbonyl (C=O) groups is 1. The average Bonchev–Trinajstić information content (AvgIpc) is 3.04. The first-order valence-corrected chi connectivity index (χ1v) is 7.55. The van der Waals surface area contributed by atoms with Crippen molar-refractivity contribution in [2.24, 2.45) is 0 Å². The summed E-state index contributed by atoms with van der Waals surface area (Å²) in [4.78, 5) is 23.2. The molecule has 0 aliphatic rings. The van der Waals surface area contributed by atoms with Crippen molar-refractivity contribution in [2.45, 2.75) is 9.79 Å². The molecule has 0 fully saturated rings. The molecule has 0 unspecified atom stereocenters. The fourth-order valence-electron chi connectivity index (χ4n) is 2.09. The molecular formula is C17H11NO4S. The minimum atomic E-state index is -0.442. The van der Waals surface area contributed by atoms with Crippen molar-refractivity contribution in [1.29, 1.82) is 0 Å². The van der Waals surface area contributed by atoms with Crippen LogP contribution in [0.15, 0.2) is 74.9 Å². The first-order valence-electron chi connectivity index (χ1n) is 6.73. The number of aldehydes is 1. The Bertz CT molecular complexity index is 858. The third kappa shape index (κ3) is 3.49. The van der Waals surface area contributed by atoms with Crippen molar-refractivity contribution in [3.05, 3.63) is 76.5 Å². The van der Waals surface area contributed by atoms with E-state index >= 15 is 0 Å². The van der Waals surface area contributed by atoms with E-state index in [1.54, 1.807) is 12.1 Å². The lowest BCUT2D eigenvalue weighted by Crippen LogP contribution is -1.89. The number of carbonyl (C=O) groups excluding carboxylic acids is 1. The first-order chi connectivity index (χ1) is 11.2. The highest BCUT2D eigenvalue weighted by atomic mass is 32.2. The molecule has 23 heavy (non-hydrogen) atoms. The molecule has 0 spiro atoms. The summed E-state index contributed by atoms with van der Waals surface area (Å²) in [5, 5.41) is 11.2. The van der Waals surface area contributed by atoms with E-state index in [1.165, 1.54) is 30.0 Å². The number of nitro groups is 1. The Labute approximate surface area is 136 Å². The Hall–Kier alpha value is -2.86. The zero-order valence-corrected chi connectivity index (χ0v) is 12.7. The molecule has 0 aliphatic carbocycles. The number of non-ortho nitro benzene ring substituents is 1. The van der Waals surface area contributed by atoms with Crippen LogP contribution in [-0.2, 0) is 0 Å². The maximum absolute atomic E-state index is 11.2. The van der Waals surface area contributed by atoms with Gasteiger partial charge in [-0.3, -0.25) is 14.9 Å². The standard InChI is InChI=1S/C17H11NO4S/c19-11-14-6-7-17(22-14)12-8-13(18(20)21)10-16(9-12)23-15-4-2-1-3-5-15/h1-11H. The highest BCUT2D eigenvalue weighted by Crippen LogP contribution is 2.35. The van der Waals surface area contributed by atoms with E-state index in [0.717, 1.165) is 9.79 Å². The van der Waals surface area contributed by atoms with Crippen LogP contribution in [0.4, 0.5) is 5.69 Å². The second-order valence-electron chi connectivity index (χ2n) is 4.71. The van der Waals surface area contributed by atoms with Crippen LogP contribution >= 0.6 is 11.8 Å². The number of rotatable bonds is 5. The normalized spacial score (nSPS) is 10.4.